The number of carbonyl (C=O) groups is 3. The summed E-state index contributed by atoms with van der Waals surface area (Å²) < 4.78 is 0. The number of thiophene rings is 1. The molecule has 0 amide bonds. The van der Waals surface area contributed by atoms with E-state index in [0.29, 0.717) is 6.42 Å². The van der Waals surface area contributed by atoms with Crippen molar-refractivity contribution in [1.82, 2.24) is 0 Å². The Morgan fingerprint density at radius 2 is 1.59 bits per heavy atom. The molecule has 1 aromatic heterocycles. The Morgan fingerprint density at radius 3 is 2.00 bits per heavy atom. The van der Waals surface area contributed by atoms with Crippen molar-refractivity contribution in [2.75, 3.05) is 0 Å². The van der Waals surface area contributed by atoms with Crippen molar-refractivity contribution in [3.05, 3.63) is 21.4 Å². The van der Waals surface area contributed by atoms with Crippen LogP contribution in [-0.4, -0.2) is 23.6 Å². The number of aldehydes is 2. The van der Waals surface area contributed by atoms with Gasteiger partial charge in [0.15, 0.2) is 0 Å². The molecule has 0 aliphatic carbocycles. The van der Waals surface area contributed by atoms with Crippen LogP contribution in [0.15, 0.2) is 6.07 Å². The maximum absolute atomic E-state index is 11.3. The van der Waals surface area contributed by atoms with Crippen LogP contribution in [0.25, 0.3) is 0 Å². The molecule has 5 heteroatoms. The van der Waals surface area contributed by atoms with Gasteiger partial charge in [-0.3, -0.25) is 4.79 Å². The lowest BCUT2D eigenvalue weighted by molar-refractivity contribution is -0.140. The molecule has 1 aromatic rings. The van der Waals surface area contributed by atoms with E-state index in [0.717, 1.165) is 25.4 Å². The van der Waals surface area contributed by atoms with Crippen LogP contribution >= 0.6 is 11.3 Å². The molecule has 0 atom stereocenters. The van der Waals surface area contributed by atoms with Crippen molar-refractivity contribution in [2.24, 2.45) is 5.41 Å². The van der Waals surface area contributed by atoms with Gasteiger partial charge >= 0.3 is 5.97 Å². The molecule has 0 bridgehead atoms. The number of aryl methyl sites for hydroxylation is 1. The number of carboxylic acid groups (broad SMARTS) is 1. The predicted molar refractivity (Wildman–Crippen MR) is 111 cm³/mol. The first-order valence-electron chi connectivity index (χ1n) is 9.57. The van der Waals surface area contributed by atoms with Crippen molar-refractivity contribution in [2.45, 2.75) is 90.9 Å². The average molecular weight is 395 g/mol. The molecule has 0 spiro atoms. The lowest BCUT2D eigenvalue weighted by Crippen LogP contribution is -2.26. The van der Waals surface area contributed by atoms with Crippen molar-refractivity contribution in [3.8, 4) is 0 Å². The molecule has 0 unspecified atom stereocenters. The SMILES string of the molecule is CC(C)(C)c1cc(CCCC(CC=O)(CC=O)CC(=O)O)c(C(C)(C)C)s1. The van der Waals surface area contributed by atoms with Crippen LogP contribution in [0.2, 0.25) is 0 Å². The Labute approximate surface area is 167 Å². The van der Waals surface area contributed by atoms with Crippen molar-refractivity contribution >= 4 is 29.9 Å². The van der Waals surface area contributed by atoms with E-state index in [4.69, 9.17) is 0 Å². The average Bonchev–Trinajstić information content (AvgIpc) is 2.91. The van der Waals surface area contributed by atoms with Crippen molar-refractivity contribution in [3.63, 3.8) is 0 Å². The van der Waals surface area contributed by atoms with Crippen LogP contribution < -0.4 is 0 Å². The number of carbonyl (C=O) groups excluding carboxylic acids is 2. The minimum atomic E-state index is -0.959. The van der Waals surface area contributed by atoms with Crippen molar-refractivity contribution < 1.29 is 19.5 Å². The third-order valence-electron chi connectivity index (χ3n) is 4.94. The van der Waals surface area contributed by atoms with Gasteiger partial charge in [0.25, 0.3) is 0 Å². The van der Waals surface area contributed by atoms with Crippen LogP contribution in [0, 0.1) is 5.41 Å². The van der Waals surface area contributed by atoms with E-state index in [2.05, 4.69) is 47.6 Å². The second kappa shape index (κ2) is 9.13. The highest BCUT2D eigenvalue weighted by atomic mass is 32.1. The third kappa shape index (κ3) is 6.87. The maximum Gasteiger partial charge on any atom is 0.303 e. The molecular weight excluding hydrogens is 360 g/mol. The van der Waals surface area contributed by atoms with E-state index in [1.165, 1.54) is 15.3 Å². The zero-order valence-corrected chi connectivity index (χ0v) is 18.4. The van der Waals surface area contributed by atoms with E-state index < -0.39 is 11.4 Å². The third-order valence-corrected chi connectivity index (χ3v) is 6.97. The molecule has 4 nitrogen and oxygen atoms in total. The van der Waals surface area contributed by atoms with Gasteiger partial charge in [-0.1, -0.05) is 41.5 Å². The molecular formula is C22H34O4S. The van der Waals surface area contributed by atoms with E-state index >= 15 is 0 Å². The van der Waals surface area contributed by atoms with Gasteiger partial charge in [0.1, 0.15) is 12.6 Å². The first-order chi connectivity index (χ1) is 12.3. The quantitative estimate of drug-likeness (QED) is 0.546. The first-order valence-corrected chi connectivity index (χ1v) is 10.4. The molecule has 0 saturated heterocycles. The summed E-state index contributed by atoms with van der Waals surface area (Å²) in [5, 5.41) is 9.23. The topological polar surface area (TPSA) is 71.4 Å². The smallest absolute Gasteiger partial charge is 0.303 e. The molecule has 152 valence electrons. The number of aliphatic carboxylic acids is 1. The van der Waals surface area contributed by atoms with Gasteiger partial charge in [-0.25, -0.2) is 0 Å². The van der Waals surface area contributed by atoms with E-state index in [9.17, 15) is 19.5 Å². The minimum Gasteiger partial charge on any atom is -0.481 e. The van der Waals surface area contributed by atoms with E-state index in [1.807, 2.05) is 11.3 Å². The molecule has 0 aromatic carbocycles. The Balaban J connectivity index is 3.03. The zero-order chi connectivity index (χ0) is 20.9. The molecule has 0 fully saturated rings. The molecule has 1 N–H and O–H groups in total. The number of rotatable bonds is 10. The zero-order valence-electron chi connectivity index (χ0n) is 17.6. The summed E-state index contributed by atoms with van der Waals surface area (Å²) in [6, 6.07) is 2.28. The number of carboxylic acids is 1. The van der Waals surface area contributed by atoms with Gasteiger partial charge in [-0.05, 0) is 47.1 Å². The normalized spacial score (nSPS) is 12.8. The predicted octanol–water partition coefficient (Wildman–Crippen LogP) is 5.30. The summed E-state index contributed by atoms with van der Waals surface area (Å²) in [5.74, 6) is -0.959. The molecule has 1 heterocycles. The Kier molecular flexibility index (Phi) is 7.97. The lowest BCUT2D eigenvalue weighted by Gasteiger charge is -2.29. The van der Waals surface area contributed by atoms with Gasteiger partial charge in [0.05, 0.1) is 6.42 Å². The molecule has 0 saturated carbocycles. The van der Waals surface area contributed by atoms with Gasteiger partial charge in [0.2, 0.25) is 0 Å². The standard InChI is InChI=1S/C22H34O4S/c1-20(2,3)17-14-16(19(27-17)21(4,5)6)8-7-9-22(10-12-23,11-13-24)15-18(25)26/h12-14H,7-11,15H2,1-6H3,(H,25,26). The van der Waals surface area contributed by atoms with Gasteiger partial charge in [0, 0.05) is 22.6 Å². The lowest BCUT2D eigenvalue weighted by atomic mass is 9.74. The Bertz CT molecular complexity index is 649. The van der Waals surface area contributed by atoms with Gasteiger partial charge in [-0.2, -0.15) is 0 Å². The highest BCUT2D eigenvalue weighted by Gasteiger charge is 2.32. The monoisotopic (exact) mass is 394 g/mol. The van der Waals surface area contributed by atoms with E-state index in [1.54, 1.807) is 0 Å². The molecule has 27 heavy (non-hydrogen) atoms. The second-order valence-corrected chi connectivity index (χ2v) is 10.7. The number of hydrogen-bond donors (Lipinski definition) is 1. The van der Waals surface area contributed by atoms with Crippen LogP contribution in [0.3, 0.4) is 0 Å². The summed E-state index contributed by atoms with van der Waals surface area (Å²) in [5.41, 5.74) is 0.678. The molecule has 0 aliphatic heterocycles. The highest BCUT2D eigenvalue weighted by Crippen LogP contribution is 2.41. The Morgan fingerprint density at radius 1 is 1.04 bits per heavy atom. The first kappa shape index (κ1) is 23.5. The van der Waals surface area contributed by atoms with Crippen LogP contribution in [0.1, 0.15) is 89.0 Å². The van der Waals surface area contributed by atoms with Crippen molar-refractivity contribution in [1.29, 1.82) is 0 Å². The summed E-state index contributed by atoms with van der Waals surface area (Å²) in [6.45, 7) is 13.3. The fourth-order valence-electron chi connectivity index (χ4n) is 3.47. The fourth-order valence-corrected chi connectivity index (χ4v) is 4.79. The molecule has 0 radical (unpaired) electrons. The number of hydrogen-bond acceptors (Lipinski definition) is 4. The van der Waals surface area contributed by atoms with Crippen LogP contribution in [0.4, 0.5) is 0 Å². The summed E-state index contributed by atoms with van der Waals surface area (Å²) in [4.78, 5) is 36.2. The summed E-state index contributed by atoms with van der Waals surface area (Å²) >= 11 is 1.86. The van der Waals surface area contributed by atoms with Crippen LogP contribution in [0.5, 0.6) is 0 Å². The van der Waals surface area contributed by atoms with Crippen LogP contribution in [-0.2, 0) is 31.6 Å². The summed E-state index contributed by atoms with van der Waals surface area (Å²) in [6.07, 6.45) is 3.72. The minimum absolute atomic E-state index is 0.0489. The second-order valence-electron chi connectivity index (χ2n) is 9.63. The molecule has 1 rings (SSSR count). The molecule has 0 aliphatic rings. The van der Waals surface area contributed by atoms with E-state index in [-0.39, 0.29) is 30.1 Å². The van der Waals surface area contributed by atoms with Gasteiger partial charge < -0.3 is 14.7 Å². The van der Waals surface area contributed by atoms with Gasteiger partial charge in [-0.15, -0.1) is 11.3 Å². The highest BCUT2D eigenvalue weighted by molar-refractivity contribution is 7.12. The fraction of sp³-hybridized carbons (Fsp3) is 0.682. The Hall–Kier alpha value is -1.49. The summed E-state index contributed by atoms with van der Waals surface area (Å²) in [7, 11) is 0. The largest absolute Gasteiger partial charge is 0.481 e. The maximum atomic E-state index is 11.3.